The van der Waals surface area contributed by atoms with Gasteiger partial charge in [0.05, 0.1) is 5.56 Å². The van der Waals surface area contributed by atoms with Gasteiger partial charge in [0.25, 0.3) is 0 Å². The molecule has 1 saturated carbocycles. The molecule has 1 fully saturated rings. The molecule has 1 N–H and O–H groups in total. The number of hydrogen-bond acceptors (Lipinski definition) is 5. The maximum absolute atomic E-state index is 10.0. The number of nitriles is 1. The number of rotatable bonds is 9. The molecule has 4 atom stereocenters. The maximum atomic E-state index is 10.0. The van der Waals surface area contributed by atoms with E-state index in [0.717, 1.165) is 52.9 Å². The lowest BCUT2D eigenvalue weighted by Crippen LogP contribution is -2.23. The molecule has 326 valence electrons. The molecule has 59 heavy (non-hydrogen) atoms. The summed E-state index contributed by atoms with van der Waals surface area (Å²) in [6.45, 7) is 32.9. The van der Waals surface area contributed by atoms with E-state index >= 15 is 0 Å². The lowest BCUT2D eigenvalue weighted by molar-refractivity contribution is 0.247. The average molecular weight is 824 g/mol. The highest BCUT2D eigenvalue weighted by Crippen LogP contribution is 2.39. The number of phenolic OH excluding ortho intramolecular Hbond substituents is 1. The average Bonchev–Trinajstić information content (AvgIpc) is 3.14. The molecule has 0 radical (unpaired) electrons. The lowest BCUT2D eigenvalue weighted by atomic mass is 9.78. The number of aromatic hydroxyl groups is 1. The first kappa shape index (κ1) is 50.0. The number of nitrogens with zero attached hydrogens (tertiary/aromatic N) is 1. The van der Waals surface area contributed by atoms with Crippen LogP contribution < -0.4 is 9.47 Å². The van der Waals surface area contributed by atoms with Crippen LogP contribution >= 0.6 is 11.8 Å². The van der Waals surface area contributed by atoms with Crippen LogP contribution in [-0.2, 0) is 17.3 Å². The van der Waals surface area contributed by atoms with Gasteiger partial charge >= 0.3 is 0 Å². The van der Waals surface area contributed by atoms with Crippen LogP contribution in [0.3, 0.4) is 0 Å². The summed E-state index contributed by atoms with van der Waals surface area (Å²) in [4.78, 5) is 0. The highest BCUT2D eigenvalue weighted by molar-refractivity contribution is 7.99. The molecule has 0 spiro atoms. The molecule has 3 aromatic carbocycles. The number of thioether (sulfide) groups is 1. The summed E-state index contributed by atoms with van der Waals surface area (Å²) in [5.41, 5.74) is 7.90. The topological polar surface area (TPSA) is 62.5 Å². The molecule has 2 aliphatic carbocycles. The zero-order chi connectivity index (χ0) is 44.1. The molecule has 0 heterocycles. The molecular formula is C54H81NO3S. The van der Waals surface area contributed by atoms with Crippen molar-refractivity contribution < 1.29 is 14.6 Å². The molecule has 5 rings (SSSR count). The summed E-state index contributed by atoms with van der Waals surface area (Å²) >= 11 is 2.17. The number of aryl methyl sites for hydroxylation is 2. The second-order valence-corrected chi connectivity index (χ2v) is 21.4. The van der Waals surface area contributed by atoms with Gasteiger partial charge in [-0.05, 0) is 150 Å². The van der Waals surface area contributed by atoms with Crippen LogP contribution in [0, 0.1) is 55.8 Å². The fourth-order valence-corrected chi connectivity index (χ4v) is 8.95. The van der Waals surface area contributed by atoms with Crippen molar-refractivity contribution in [1.82, 2.24) is 0 Å². The van der Waals surface area contributed by atoms with Gasteiger partial charge in [0.1, 0.15) is 23.3 Å². The first-order valence-electron chi connectivity index (χ1n) is 22.8. The quantitative estimate of drug-likeness (QED) is 0.233. The van der Waals surface area contributed by atoms with Crippen LogP contribution in [0.1, 0.15) is 180 Å². The highest BCUT2D eigenvalue weighted by atomic mass is 32.2. The Morgan fingerprint density at radius 3 is 1.90 bits per heavy atom. The van der Waals surface area contributed by atoms with Crippen LogP contribution in [0.15, 0.2) is 54.3 Å². The first-order valence-corrected chi connectivity index (χ1v) is 23.9. The molecule has 2 aliphatic rings. The van der Waals surface area contributed by atoms with E-state index in [1.165, 1.54) is 73.0 Å². The Kier molecular flexibility index (Phi) is 19.5. The van der Waals surface area contributed by atoms with Gasteiger partial charge in [0, 0.05) is 11.7 Å². The summed E-state index contributed by atoms with van der Waals surface area (Å²) in [6, 6.07) is 16.3. The second-order valence-electron chi connectivity index (χ2n) is 19.9. The van der Waals surface area contributed by atoms with Gasteiger partial charge in [0.15, 0.2) is 11.5 Å². The van der Waals surface area contributed by atoms with E-state index in [-0.39, 0.29) is 16.6 Å². The third-order valence-electron chi connectivity index (χ3n) is 12.8. The van der Waals surface area contributed by atoms with Crippen molar-refractivity contribution in [2.24, 2.45) is 23.7 Å². The van der Waals surface area contributed by atoms with Gasteiger partial charge < -0.3 is 14.6 Å². The Morgan fingerprint density at radius 2 is 1.37 bits per heavy atom. The second kappa shape index (κ2) is 23.0. The summed E-state index contributed by atoms with van der Waals surface area (Å²) in [6.07, 6.45) is 15.6. The summed E-state index contributed by atoms with van der Waals surface area (Å²) in [5.74, 6) is 6.81. The normalized spacial score (nSPS) is 19.4. The number of allylic oxidation sites excluding steroid dienone is 2. The number of phenols is 1. The van der Waals surface area contributed by atoms with Crippen molar-refractivity contribution in [1.29, 1.82) is 5.26 Å². The predicted molar refractivity (Wildman–Crippen MR) is 256 cm³/mol. The predicted octanol–water partition coefficient (Wildman–Crippen LogP) is 16.3. The molecule has 0 bridgehead atoms. The zero-order valence-corrected chi connectivity index (χ0v) is 40.7. The van der Waals surface area contributed by atoms with E-state index in [9.17, 15) is 10.4 Å². The molecule has 0 amide bonds. The SMILES string of the molecule is CCC(C)Cc1cc(C(C)(C)C)cc(OC2=CC(C)C(C)C(C)C2)c1C#N.CCSC1CCCCCCC1.Cc1cc(Oc2cc(C(C)(C)C)ccc2O)cc(C)c1C. The van der Waals surface area contributed by atoms with E-state index in [1.807, 2.05) is 24.3 Å². The monoisotopic (exact) mass is 824 g/mol. The fraction of sp³-hybridized carbons (Fsp3) is 0.611. The number of ether oxygens (including phenoxy) is 2. The van der Waals surface area contributed by atoms with Gasteiger partial charge in [-0.2, -0.15) is 17.0 Å². The van der Waals surface area contributed by atoms with Crippen molar-refractivity contribution in [2.75, 3.05) is 5.75 Å². The van der Waals surface area contributed by atoms with Crippen LogP contribution in [0.25, 0.3) is 0 Å². The van der Waals surface area contributed by atoms with E-state index in [0.29, 0.717) is 35.0 Å². The zero-order valence-electron chi connectivity index (χ0n) is 39.9. The Balaban J connectivity index is 0.000000257. The van der Waals surface area contributed by atoms with E-state index in [1.54, 1.807) is 6.07 Å². The summed E-state index contributed by atoms with van der Waals surface area (Å²) < 4.78 is 12.3. The molecule has 5 heteroatoms. The molecule has 4 unspecified atom stereocenters. The Bertz CT molecular complexity index is 1820. The third-order valence-corrected chi connectivity index (χ3v) is 14.1. The van der Waals surface area contributed by atoms with Crippen LogP contribution in [0.4, 0.5) is 0 Å². The van der Waals surface area contributed by atoms with Crippen molar-refractivity contribution in [3.8, 4) is 29.1 Å². The third kappa shape index (κ3) is 15.6. The molecule has 0 saturated heterocycles. The van der Waals surface area contributed by atoms with E-state index in [2.05, 4.69) is 140 Å². The largest absolute Gasteiger partial charge is 0.504 e. The molecule has 3 aromatic rings. The summed E-state index contributed by atoms with van der Waals surface area (Å²) in [5, 5.41) is 20.9. The van der Waals surface area contributed by atoms with Crippen molar-refractivity contribution >= 4 is 11.8 Å². The standard InChI is InChI=1S/C25H37NO.C19H24O2.C10H20S/c1-9-16(2)10-20-13-21(25(6,7)8)14-24(23(20)15-26)27-22-11-17(3)19(5)18(4)12-22;1-12-9-16(10-13(2)14(12)3)21-18-11-15(19(4,5)6)7-8-17(18)20;1-2-11-10-8-6-4-3-5-7-9-10/h11,13-14,16-19H,9-10,12H2,1-8H3;7-11,20H,1-6H3;10H,2-9H2,1H3. The molecular weight excluding hydrogens is 743 g/mol. The Morgan fingerprint density at radius 1 is 0.797 bits per heavy atom. The molecule has 0 aromatic heterocycles. The van der Waals surface area contributed by atoms with Gasteiger partial charge in [-0.1, -0.05) is 134 Å². The highest BCUT2D eigenvalue weighted by Gasteiger charge is 2.27. The minimum Gasteiger partial charge on any atom is -0.504 e. The van der Waals surface area contributed by atoms with Gasteiger partial charge in [-0.3, -0.25) is 0 Å². The Labute approximate surface area is 366 Å². The fourth-order valence-electron chi connectivity index (χ4n) is 7.81. The van der Waals surface area contributed by atoms with Gasteiger partial charge in [-0.25, -0.2) is 0 Å². The molecule has 0 aliphatic heterocycles. The number of benzene rings is 3. The Hall–Kier alpha value is -3.36. The number of hydrogen-bond donors (Lipinski definition) is 1. The van der Waals surface area contributed by atoms with E-state index in [4.69, 9.17) is 9.47 Å². The van der Waals surface area contributed by atoms with Gasteiger partial charge in [0.2, 0.25) is 0 Å². The van der Waals surface area contributed by atoms with Crippen molar-refractivity contribution in [2.45, 2.75) is 184 Å². The van der Waals surface area contributed by atoms with Crippen LogP contribution in [0.2, 0.25) is 0 Å². The van der Waals surface area contributed by atoms with Crippen LogP contribution in [-0.4, -0.2) is 16.1 Å². The van der Waals surface area contributed by atoms with Gasteiger partial charge in [-0.15, -0.1) is 0 Å². The van der Waals surface area contributed by atoms with Crippen LogP contribution in [0.5, 0.6) is 23.0 Å². The van der Waals surface area contributed by atoms with Crippen molar-refractivity contribution in [3.63, 3.8) is 0 Å². The minimum atomic E-state index is 0.0188. The lowest BCUT2D eigenvalue weighted by Gasteiger charge is -2.31. The first-order chi connectivity index (χ1) is 27.7. The van der Waals surface area contributed by atoms with Crippen molar-refractivity contribution in [3.05, 3.63) is 93.2 Å². The smallest absolute Gasteiger partial charge is 0.169 e. The van der Waals surface area contributed by atoms with E-state index < -0.39 is 0 Å². The minimum absolute atomic E-state index is 0.0188. The molecule has 4 nitrogen and oxygen atoms in total. The summed E-state index contributed by atoms with van der Waals surface area (Å²) in [7, 11) is 0. The maximum Gasteiger partial charge on any atom is 0.169 e.